The van der Waals surface area contributed by atoms with Crippen molar-refractivity contribution in [3.63, 3.8) is 0 Å². The topological polar surface area (TPSA) is 78.1 Å². The third-order valence-electron chi connectivity index (χ3n) is 3.20. The fourth-order valence-electron chi connectivity index (χ4n) is 2.15. The van der Waals surface area contributed by atoms with Crippen LogP contribution in [-0.2, 0) is 23.1 Å². The second kappa shape index (κ2) is 6.38. The molecule has 1 heterocycles. The molecule has 0 saturated heterocycles. The van der Waals surface area contributed by atoms with E-state index in [4.69, 9.17) is 0 Å². The normalized spacial score (nSPS) is 12.0. The lowest BCUT2D eigenvalue weighted by Crippen LogP contribution is -2.28. The zero-order valence-electron chi connectivity index (χ0n) is 12.4. The molecule has 0 aliphatic carbocycles. The van der Waals surface area contributed by atoms with E-state index in [0.717, 1.165) is 11.1 Å². The maximum atomic E-state index is 12.6. The number of rotatable bonds is 6. The molecule has 2 aromatic rings. The van der Waals surface area contributed by atoms with E-state index < -0.39 is 10.0 Å². The Morgan fingerprint density at radius 1 is 1.38 bits per heavy atom. The standard InChI is InChI=1S/C14H20N4O2S/c1-11-5-4-6-12(7-11)10-18(3)21(19,20)14-13(8-15-2)9-16-17-14/h4-7,9,15H,8,10H2,1-3H3,(H,16,17). The van der Waals surface area contributed by atoms with E-state index in [1.165, 1.54) is 10.5 Å². The molecule has 0 atom stereocenters. The molecule has 0 saturated carbocycles. The highest BCUT2D eigenvalue weighted by Crippen LogP contribution is 2.18. The van der Waals surface area contributed by atoms with E-state index in [0.29, 0.717) is 18.7 Å². The van der Waals surface area contributed by atoms with Gasteiger partial charge in [0.05, 0.1) is 6.20 Å². The fraction of sp³-hybridized carbons (Fsp3) is 0.357. The first-order valence-corrected chi connectivity index (χ1v) is 8.08. The first kappa shape index (κ1) is 15.7. The molecule has 1 aromatic heterocycles. The average Bonchev–Trinajstić information content (AvgIpc) is 2.88. The van der Waals surface area contributed by atoms with Gasteiger partial charge in [-0.2, -0.15) is 9.40 Å². The summed E-state index contributed by atoms with van der Waals surface area (Å²) in [6, 6.07) is 7.81. The van der Waals surface area contributed by atoms with E-state index >= 15 is 0 Å². The van der Waals surface area contributed by atoms with Gasteiger partial charge in [-0.05, 0) is 19.5 Å². The number of aromatic nitrogens is 2. The highest BCUT2D eigenvalue weighted by Gasteiger charge is 2.25. The lowest BCUT2D eigenvalue weighted by atomic mass is 10.1. The van der Waals surface area contributed by atoms with Crippen molar-refractivity contribution in [1.29, 1.82) is 0 Å². The maximum absolute atomic E-state index is 12.6. The van der Waals surface area contributed by atoms with Crippen LogP contribution in [-0.4, -0.2) is 37.0 Å². The second-order valence-corrected chi connectivity index (χ2v) is 6.99. The van der Waals surface area contributed by atoms with Gasteiger partial charge >= 0.3 is 0 Å². The Balaban J connectivity index is 2.24. The highest BCUT2D eigenvalue weighted by atomic mass is 32.2. The Labute approximate surface area is 125 Å². The zero-order chi connectivity index (χ0) is 15.5. The second-order valence-electron chi connectivity index (χ2n) is 5.00. The number of aromatic amines is 1. The van der Waals surface area contributed by atoms with Crippen LogP contribution in [0.15, 0.2) is 35.5 Å². The number of H-pyrrole nitrogens is 1. The molecule has 21 heavy (non-hydrogen) atoms. The van der Waals surface area contributed by atoms with E-state index in [2.05, 4.69) is 15.5 Å². The minimum atomic E-state index is -3.58. The predicted molar refractivity (Wildman–Crippen MR) is 81.2 cm³/mol. The van der Waals surface area contributed by atoms with E-state index in [1.54, 1.807) is 14.1 Å². The molecule has 0 amide bonds. The third-order valence-corrected chi connectivity index (χ3v) is 5.02. The minimum Gasteiger partial charge on any atom is -0.316 e. The van der Waals surface area contributed by atoms with E-state index in [-0.39, 0.29) is 5.03 Å². The monoisotopic (exact) mass is 308 g/mol. The molecule has 2 N–H and O–H groups in total. The summed E-state index contributed by atoms with van der Waals surface area (Å²) in [6.07, 6.45) is 1.53. The van der Waals surface area contributed by atoms with Crippen LogP contribution >= 0.6 is 0 Å². The number of nitrogens with one attached hydrogen (secondary N) is 2. The van der Waals surface area contributed by atoms with E-state index in [1.807, 2.05) is 31.2 Å². The Hall–Kier alpha value is -1.70. The van der Waals surface area contributed by atoms with Crippen molar-refractivity contribution >= 4 is 10.0 Å². The summed E-state index contributed by atoms with van der Waals surface area (Å²) in [6.45, 7) is 2.75. The SMILES string of the molecule is CNCc1cn[nH]c1S(=O)(=O)N(C)Cc1cccc(C)c1. The van der Waals surface area contributed by atoms with Crippen LogP contribution in [0.3, 0.4) is 0 Å². The Kier molecular flexibility index (Phi) is 4.76. The van der Waals surface area contributed by atoms with Crippen molar-refractivity contribution in [3.8, 4) is 0 Å². The van der Waals surface area contributed by atoms with Crippen LogP contribution in [0.1, 0.15) is 16.7 Å². The number of hydrogen-bond acceptors (Lipinski definition) is 4. The first-order valence-electron chi connectivity index (χ1n) is 6.64. The Morgan fingerprint density at radius 2 is 2.14 bits per heavy atom. The van der Waals surface area contributed by atoms with Gasteiger partial charge in [0, 0.05) is 25.7 Å². The predicted octanol–water partition coefficient (Wildman–Crippen LogP) is 1.26. The van der Waals surface area contributed by atoms with Crippen molar-refractivity contribution in [2.45, 2.75) is 25.0 Å². The fourth-order valence-corrected chi connectivity index (χ4v) is 3.40. The van der Waals surface area contributed by atoms with Gasteiger partial charge in [0.1, 0.15) is 0 Å². The molecule has 0 aliphatic heterocycles. The molecule has 6 nitrogen and oxygen atoms in total. The summed E-state index contributed by atoms with van der Waals surface area (Å²) in [5, 5.41) is 9.51. The van der Waals surface area contributed by atoms with Crippen LogP contribution in [0, 0.1) is 6.92 Å². The molecule has 0 bridgehead atoms. The van der Waals surface area contributed by atoms with Gasteiger partial charge < -0.3 is 5.32 Å². The van der Waals surface area contributed by atoms with Crippen LogP contribution in [0.5, 0.6) is 0 Å². The average molecular weight is 308 g/mol. The van der Waals surface area contributed by atoms with Gasteiger partial charge in [0.25, 0.3) is 10.0 Å². The van der Waals surface area contributed by atoms with Gasteiger partial charge in [-0.25, -0.2) is 8.42 Å². The summed E-state index contributed by atoms with van der Waals surface area (Å²) in [4.78, 5) is 0. The smallest absolute Gasteiger partial charge is 0.260 e. The minimum absolute atomic E-state index is 0.145. The largest absolute Gasteiger partial charge is 0.316 e. The summed E-state index contributed by atoms with van der Waals surface area (Å²) in [5.41, 5.74) is 2.69. The van der Waals surface area contributed by atoms with Crippen molar-refractivity contribution in [2.24, 2.45) is 0 Å². The molecule has 0 aliphatic rings. The van der Waals surface area contributed by atoms with Gasteiger partial charge in [-0.3, -0.25) is 5.10 Å². The molecule has 0 radical (unpaired) electrons. The number of hydrogen-bond donors (Lipinski definition) is 2. The van der Waals surface area contributed by atoms with Crippen LogP contribution in [0.25, 0.3) is 0 Å². The summed E-state index contributed by atoms with van der Waals surface area (Å²) >= 11 is 0. The van der Waals surface area contributed by atoms with Crippen LogP contribution < -0.4 is 5.32 Å². The molecular formula is C14H20N4O2S. The third kappa shape index (κ3) is 3.49. The van der Waals surface area contributed by atoms with Crippen LogP contribution in [0.4, 0.5) is 0 Å². The number of sulfonamides is 1. The number of nitrogens with zero attached hydrogens (tertiary/aromatic N) is 2. The van der Waals surface area contributed by atoms with Gasteiger partial charge in [0.15, 0.2) is 5.03 Å². The van der Waals surface area contributed by atoms with E-state index in [9.17, 15) is 8.42 Å². The van der Waals surface area contributed by atoms with Crippen LogP contribution in [0.2, 0.25) is 0 Å². The highest BCUT2D eigenvalue weighted by molar-refractivity contribution is 7.89. The Bertz CT molecular complexity index is 709. The molecule has 7 heteroatoms. The lowest BCUT2D eigenvalue weighted by Gasteiger charge is -2.17. The molecule has 0 fully saturated rings. The molecule has 0 spiro atoms. The number of aryl methyl sites for hydroxylation is 1. The van der Waals surface area contributed by atoms with Crippen molar-refractivity contribution in [2.75, 3.05) is 14.1 Å². The molecular weight excluding hydrogens is 288 g/mol. The lowest BCUT2D eigenvalue weighted by molar-refractivity contribution is 0.462. The van der Waals surface area contributed by atoms with Crippen molar-refractivity contribution in [3.05, 3.63) is 47.2 Å². The van der Waals surface area contributed by atoms with Gasteiger partial charge in [-0.15, -0.1) is 0 Å². The number of benzene rings is 1. The summed E-state index contributed by atoms with van der Waals surface area (Å²) in [7, 11) is -0.249. The molecule has 0 unspecified atom stereocenters. The summed E-state index contributed by atoms with van der Waals surface area (Å²) < 4.78 is 26.5. The first-order chi connectivity index (χ1) is 9.95. The van der Waals surface area contributed by atoms with Crippen molar-refractivity contribution in [1.82, 2.24) is 19.8 Å². The molecule has 114 valence electrons. The maximum Gasteiger partial charge on any atom is 0.260 e. The van der Waals surface area contributed by atoms with Gasteiger partial charge in [-0.1, -0.05) is 29.8 Å². The zero-order valence-corrected chi connectivity index (χ0v) is 13.2. The molecule has 1 aromatic carbocycles. The molecule has 2 rings (SSSR count). The van der Waals surface area contributed by atoms with Crippen molar-refractivity contribution < 1.29 is 8.42 Å². The summed E-state index contributed by atoms with van der Waals surface area (Å²) in [5.74, 6) is 0. The quantitative estimate of drug-likeness (QED) is 0.842. The van der Waals surface area contributed by atoms with Gasteiger partial charge in [0.2, 0.25) is 0 Å². The Morgan fingerprint density at radius 3 is 2.81 bits per heavy atom.